The molecule has 0 bridgehead atoms. The molecule has 0 spiro atoms. The van der Waals surface area contributed by atoms with E-state index in [2.05, 4.69) is 5.32 Å². The number of urea groups is 1. The van der Waals surface area contributed by atoms with Crippen molar-refractivity contribution in [2.45, 2.75) is 32.4 Å². The Kier molecular flexibility index (Phi) is 5.54. The average Bonchev–Trinajstić information content (AvgIpc) is 2.73. The minimum Gasteiger partial charge on any atom is -0.491 e. The standard InChI is InChI=1S/C16H21FN2O4/c1-10(2)7-14-15(21)19(16(22)18-14)8-12(20)9-23-13-5-3-11(17)4-6-13/h3-6,10,12,14,20H,7-9H2,1-2H3,(H,18,22). The molecule has 1 fully saturated rings. The van der Waals surface area contributed by atoms with Crippen LogP contribution in [-0.4, -0.2) is 47.2 Å². The Hall–Kier alpha value is -2.15. The molecule has 0 radical (unpaired) electrons. The Balaban J connectivity index is 1.84. The van der Waals surface area contributed by atoms with E-state index in [9.17, 15) is 19.1 Å². The summed E-state index contributed by atoms with van der Waals surface area (Å²) in [7, 11) is 0. The second-order valence-electron chi connectivity index (χ2n) is 6.00. The number of imide groups is 1. The number of ether oxygens (including phenoxy) is 1. The van der Waals surface area contributed by atoms with Gasteiger partial charge in [-0.25, -0.2) is 9.18 Å². The number of β-amino-alcohol motifs (C(OH)–C–C–N with tert-alkyl or cyclic N) is 1. The highest BCUT2D eigenvalue weighted by Crippen LogP contribution is 2.15. The average molecular weight is 324 g/mol. The van der Waals surface area contributed by atoms with Gasteiger partial charge in [0, 0.05) is 0 Å². The SMILES string of the molecule is CC(C)CC1NC(=O)N(CC(O)COc2ccc(F)cc2)C1=O. The summed E-state index contributed by atoms with van der Waals surface area (Å²) in [5.41, 5.74) is 0. The Bertz CT molecular complexity index is 562. The van der Waals surface area contributed by atoms with Crippen LogP contribution in [0.15, 0.2) is 24.3 Å². The van der Waals surface area contributed by atoms with Crippen LogP contribution in [0.3, 0.4) is 0 Å². The fourth-order valence-electron chi connectivity index (χ4n) is 2.37. The molecule has 0 aliphatic carbocycles. The van der Waals surface area contributed by atoms with Gasteiger partial charge in [0.1, 0.15) is 30.3 Å². The van der Waals surface area contributed by atoms with Crippen LogP contribution >= 0.6 is 0 Å². The molecule has 7 heteroatoms. The molecule has 6 nitrogen and oxygen atoms in total. The van der Waals surface area contributed by atoms with Crippen LogP contribution in [-0.2, 0) is 4.79 Å². The molecule has 3 amide bonds. The first kappa shape index (κ1) is 17.2. The van der Waals surface area contributed by atoms with Crippen LogP contribution in [0, 0.1) is 11.7 Å². The Labute approximate surface area is 134 Å². The molecule has 2 atom stereocenters. The third-order valence-electron chi connectivity index (χ3n) is 3.46. The topological polar surface area (TPSA) is 78.9 Å². The highest BCUT2D eigenvalue weighted by Gasteiger charge is 2.38. The molecule has 1 aromatic carbocycles. The van der Waals surface area contributed by atoms with Crippen LogP contribution < -0.4 is 10.1 Å². The molecule has 0 aromatic heterocycles. The number of hydrogen-bond donors (Lipinski definition) is 2. The van der Waals surface area contributed by atoms with Crippen molar-refractivity contribution in [3.05, 3.63) is 30.1 Å². The number of halogens is 1. The number of carbonyl (C=O) groups excluding carboxylic acids is 2. The lowest BCUT2D eigenvalue weighted by molar-refractivity contribution is -0.128. The first-order valence-electron chi connectivity index (χ1n) is 7.55. The normalized spacial score (nSPS) is 19.2. The van der Waals surface area contributed by atoms with Gasteiger partial charge in [-0.05, 0) is 36.6 Å². The molecule has 1 aliphatic rings. The van der Waals surface area contributed by atoms with Crippen LogP contribution in [0.2, 0.25) is 0 Å². The molecule has 1 heterocycles. The van der Waals surface area contributed by atoms with Crippen molar-refractivity contribution >= 4 is 11.9 Å². The predicted molar refractivity (Wildman–Crippen MR) is 81.4 cm³/mol. The number of aliphatic hydroxyl groups is 1. The summed E-state index contributed by atoms with van der Waals surface area (Å²) in [6.45, 7) is 3.69. The van der Waals surface area contributed by atoms with Crippen molar-refractivity contribution in [3.8, 4) is 5.75 Å². The second-order valence-corrected chi connectivity index (χ2v) is 6.00. The van der Waals surface area contributed by atoms with Gasteiger partial charge in [-0.3, -0.25) is 9.69 Å². The minimum atomic E-state index is -1.02. The number of nitrogens with one attached hydrogen (secondary N) is 1. The van der Waals surface area contributed by atoms with Gasteiger partial charge >= 0.3 is 6.03 Å². The van der Waals surface area contributed by atoms with Crippen LogP contribution in [0.1, 0.15) is 20.3 Å². The van der Waals surface area contributed by atoms with E-state index < -0.39 is 18.2 Å². The fraction of sp³-hybridized carbons (Fsp3) is 0.500. The number of hydrogen-bond acceptors (Lipinski definition) is 4. The highest BCUT2D eigenvalue weighted by molar-refractivity contribution is 6.04. The quantitative estimate of drug-likeness (QED) is 0.746. The van der Waals surface area contributed by atoms with Gasteiger partial charge in [0.05, 0.1) is 6.54 Å². The van der Waals surface area contributed by atoms with E-state index in [0.29, 0.717) is 12.2 Å². The third kappa shape index (κ3) is 4.66. The Morgan fingerprint density at radius 3 is 2.57 bits per heavy atom. The molecule has 126 valence electrons. The van der Waals surface area contributed by atoms with E-state index >= 15 is 0 Å². The van der Waals surface area contributed by atoms with E-state index in [-0.39, 0.29) is 30.8 Å². The summed E-state index contributed by atoms with van der Waals surface area (Å²) < 4.78 is 18.1. The third-order valence-corrected chi connectivity index (χ3v) is 3.46. The first-order chi connectivity index (χ1) is 10.9. The van der Waals surface area contributed by atoms with Crippen LogP contribution in [0.25, 0.3) is 0 Å². The van der Waals surface area contributed by atoms with E-state index in [1.54, 1.807) is 0 Å². The Morgan fingerprint density at radius 1 is 1.30 bits per heavy atom. The lowest BCUT2D eigenvalue weighted by Crippen LogP contribution is -2.40. The molecule has 23 heavy (non-hydrogen) atoms. The number of nitrogens with zero attached hydrogens (tertiary/aromatic N) is 1. The van der Waals surface area contributed by atoms with Crippen molar-refractivity contribution in [2.24, 2.45) is 5.92 Å². The number of amides is 3. The zero-order chi connectivity index (χ0) is 17.0. The predicted octanol–water partition coefficient (Wildman–Crippen LogP) is 1.53. The highest BCUT2D eigenvalue weighted by atomic mass is 19.1. The smallest absolute Gasteiger partial charge is 0.324 e. The lowest BCUT2D eigenvalue weighted by atomic mass is 10.0. The molecule has 2 rings (SSSR count). The van der Waals surface area contributed by atoms with E-state index in [0.717, 1.165) is 4.90 Å². The maximum atomic E-state index is 12.8. The van der Waals surface area contributed by atoms with Crippen LogP contribution in [0.5, 0.6) is 5.75 Å². The fourth-order valence-corrected chi connectivity index (χ4v) is 2.37. The molecular formula is C16H21FN2O4. The maximum absolute atomic E-state index is 12.8. The summed E-state index contributed by atoms with van der Waals surface area (Å²) in [5, 5.41) is 12.6. The van der Waals surface area contributed by atoms with Gasteiger partial charge < -0.3 is 15.2 Å². The molecule has 1 saturated heterocycles. The van der Waals surface area contributed by atoms with Crippen molar-refractivity contribution in [1.29, 1.82) is 0 Å². The molecule has 2 N–H and O–H groups in total. The molecule has 1 aliphatic heterocycles. The van der Waals surface area contributed by atoms with Gasteiger partial charge in [-0.2, -0.15) is 0 Å². The minimum absolute atomic E-state index is 0.0997. The second kappa shape index (κ2) is 7.41. The monoisotopic (exact) mass is 324 g/mol. The van der Waals surface area contributed by atoms with Crippen molar-refractivity contribution in [3.63, 3.8) is 0 Å². The number of aliphatic hydroxyl groups excluding tert-OH is 1. The van der Waals surface area contributed by atoms with Crippen LogP contribution in [0.4, 0.5) is 9.18 Å². The Morgan fingerprint density at radius 2 is 1.96 bits per heavy atom. The summed E-state index contributed by atoms with van der Waals surface area (Å²) in [4.78, 5) is 25.0. The molecule has 0 saturated carbocycles. The van der Waals surface area contributed by atoms with Gasteiger partial charge in [0.25, 0.3) is 5.91 Å². The zero-order valence-corrected chi connectivity index (χ0v) is 13.2. The van der Waals surface area contributed by atoms with E-state index in [4.69, 9.17) is 4.74 Å². The number of carbonyl (C=O) groups is 2. The number of rotatable bonds is 7. The summed E-state index contributed by atoms with van der Waals surface area (Å²) in [6, 6.07) is 4.34. The largest absolute Gasteiger partial charge is 0.491 e. The van der Waals surface area contributed by atoms with Crippen molar-refractivity contribution in [1.82, 2.24) is 10.2 Å². The van der Waals surface area contributed by atoms with Gasteiger partial charge in [-0.1, -0.05) is 13.8 Å². The van der Waals surface area contributed by atoms with E-state index in [1.165, 1.54) is 24.3 Å². The van der Waals surface area contributed by atoms with Crippen molar-refractivity contribution in [2.75, 3.05) is 13.2 Å². The van der Waals surface area contributed by atoms with Crippen molar-refractivity contribution < 1.29 is 23.8 Å². The first-order valence-corrected chi connectivity index (χ1v) is 7.55. The summed E-state index contributed by atoms with van der Waals surface area (Å²) in [6.07, 6.45) is -0.462. The molecule has 2 unspecified atom stereocenters. The summed E-state index contributed by atoms with van der Waals surface area (Å²) in [5.74, 6) is -0.0331. The van der Waals surface area contributed by atoms with E-state index in [1.807, 2.05) is 13.8 Å². The maximum Gasteiger partial charge on any atom is 0.324 e. The van der Waals surface area contributed by atoms with Gasteiger partial charge in [0.15, 0.2) is 0 Å². The summed E-state index contributed by atoms with van der Waals surface area (Å²) >= 11 is 0. The molecular weight excluding hydrogens is 303 g/mol. The molecule has 1 aromatic rings. The van der Waals surface area contributed by atoms with Gasteiger partial charge in [-0.15, -0.1) is 0 Å². The lowest BCUT2D eigenvalue weighted by Gasteiger charge is -2.18. The zero-order valence-electron chi connectivity index (χ0n) is 13.2. The van der Waals surface area contributed by atoms with Gasteiger partial charge in [0.2, 0.25) is 0 Å². The number of benzene rings is 1.